The molecule has 0 spiro atoms. The molecule has 2 heterocycles. The highest BCUT2D eigenvalue weighted by molar-refractivity contribution is 9.10. The Morgan fingerprint density at radius 1 is 1.24 bits per heavy atom. The van der Waals surface area contributed by atoms with E-state index in [9.17, 15) is 4.79 Å². The molecule has 3 aromatic rings. The molecule has 5 heteroatoms. The Hall–Kier alpha value is -1.59. The molecule has 1 unspecified atom stereocenters. The molecule has 0 N–H and O–H groups in total. The van der Waals surface area contributed by atoms with Gasteiger partial charge < -0.3 is 0 Å². The summed E-state index contributed by atoms with van der Waals surface area (Å²) in [6.07, 6.45) is 3.78. The minimum Gasteiger partial charge on any atom is -0.295 e. The van der Waals surface area contributed by atoms with E-state index in [4.69, 9.17) is 0 Å². The summed E-state index contributed by atoms with van der Waals surface area (Å²) >= 11 is 4.85. The van der Waals surface area contributed by atoms with Crippen molar-refractivity contribution >= 4 is 39.0 Å². The van der Waals surface area contributed by atoms with Crippen LogP contribution < -0.4 is 0 Å². The smallest absolute Gasteiger partial charge is 0.175 e. The molecule has 0 saturated carbocycles. The second-order valence-electron chi connectivity index (χ2n) is 4.67. The standard InChI is InChI=1S/C16H13BrN2OS/c1-11(15(20)12-5-7-13(17)8-6-12)21-16-18-10-14-4-2-3-9-19(14)16/h2-11H,1H3. The molecule has 0 aliphatic rings. The largest absolute Gasteiger partial charge is 0.295 e. The fourth-order valence-corrected chi connectivity index (χ4v) is 3.28. The zero-order chi connectivity index (χ0) is 14.8. The number of aromatic nitrogens is 2. The molecule has 0 aliphatic carbocycles. The maximum absolute atomic E-state index is 12.4. The number of pyridine rings is 1. The van der Waals surface area contributed by atoms with Crippen LogP contribution in [0.2, 0.25) is 0 Å². The first kappa shape index (κ1) is 14.4. The highest BCUT2D eigenvalue weighted by Crippen LogP contribution is 2.25. The lowest BCUT2D eigenvalue weighted by atomic mass is 10.1. The first-order valence-corrected chi connectivity index (χ1v) is 8.21. The van der Waals surface area contributed by atoms with Crippen LogP contribution in [0.25, 0.3) is 5.52 Å². The molecule has 2 aromatic heterocycles. The van der Waals surface area contributed by atoms with Crippen LogP contribution in [-0.4, -0.2) is 20.4 Å². The van der Waals surface area contributed by atoms with Crippen LogP contribution in [0.5, 0.6) is 0 Å². The summed E-state index contributed by atoms with van der Waals surface area (Å²) in [4.78, 5) is 16.8. The molecule has 0 saturated heterocycles. The fraction of sp³-hybridized carbons (Fsp3) is 0.125. The van der Waals surface area contributed by atoms with E-state index in [1.165, 1.54) is 11.8 Å². The Morgan fingerprint density at radius 2 is 2.00 bits per heavy atom. The van der Waals surface area contributed by atoms with Gasteiger partial charge in [-0.05, 0) is 31.2 Å². The van der Waals surface area contributed by atoms with Gasteiger partial charge in [0.1, 0.15) is 0 Å². The van der Waals surface area contributed by atoms with Crippen molar-refractivity contribution in [2.45, 2.75) is 17.3 Å². The number of imidazole rings is 1. The SMILES string of the molecule is CC(Sc1ncc2ccccn12)C(=O)c1ccc(Br)cc1. The van der Waals surface area contributed by atoms with Crippen molar-refractivity contribution in [3.8, 4) is 0 Å². The average Bonchev–Trinajstić information content (AvgIpc) is 2.91. The number of fused-ring (bicyclic) bond motifs is 1. The van der Waals surface area contributed by atoms with Crippen molar-refractivity contribution in [2.24, 2.45) is 0 Å². The topological polar surface area (TPSA) is 34.4 Å². The summed E-state index contributed by atoms with van der Waals surface area (Å²) in [5, 5.41) is 0.653. The molecular formula is C16H13BrN2OS. The van der Waals surface area contributed by atoms with E-state index in [0.29, 0.717) is 0 Å². The van der Waals surface area contributed by atoms with Gasteiger partial charge in [-0.1, -0.05) is 45.9 Å². The van der Waals surface area contributed by atoms with Gasteiger partial charge in [-0.25, -0.2) is 4.98 Å². The second kappa shape index (κ2) is 6.03. The number of thioether (sulfide) groups is 1. The Morgan fingerprint density at radius 3 is 2.76 bits per heavy atom. The van der Waals surface area contributed by atoms with Gasteiger partial charge in [0.05, 0.1) is 17.0 Å². The molecule has 0 radical (unpaired) electrons. The van der Waals surface area contributed by atoms with Crippen molar-refractivity contribution < 1.29 is 4.79 Å². The summed E-state index contributed by atoms with van der Waals surface area (Å²) in [6.45, 7) is 1.92. The third-order valence-electron chi connectivity index (χ3n) is 3.18. The lowest BCUT2D eigenvalue weighted by Gasteiger charge is -2.09. The van der Waals surface area contributed by atoms with Crippen molar-refractivity contribution in [2.75, 3.05) is 0 Å². The quantitative estimate of drug-likeness (QED) is 0.508. The zero-order valence-corrected chi connectivity index (χ0v) is 13.8. The second-order valence-corrected chi connectivity index (χ2v) is 6.89. The molecule has 106 valence electrons. The van der Waals surface area contributed by atoms with Gasteiger partial charge in [-0.3, -0.25) is 9.20 Å². The van der Waals surface area contributed by atoms with E-state index < -0.39 is 0 Å². The Labute approximate surface area is 135 Å². The molecule has 0 amide bonds. The van der Waals surface area contributed by atoms with Crippen LogP contribution in [0, 0.1) is 0 Å². The lowest BCUT2D eigenvalue weighted by molar-refractivity contribution is 0.0994. The first-order chi connectivity index (χ1) is 10.1. The summed E-state index contributed by atoms with van der Waals surface area (Å²) < 4.78 is 2.97. The summed E-state index contributed by atoms with van der Waals surface area (Å²) in [5.41, 5.74) is 1.75. The fourth-order valence-electron chi connectivity index (χ4n) is 2.07. The number of hydrogen-bond acceptors (Lipinski definition) is 3. The maximum atomic E-state index is 12.4. The Balaban J connectivity index is 1.81. The number of carbonyl (C=O) groups excluding carboxylic acids is 1. The van der Waals surface area contributed by atoms with Crippen molar-refractivity contribution in [3.63, 3.8) is 0 Å². The Kier molecular flexibility index (Phi) is 4.12. The van der Waals surface area contributed by atoms with Crippen LogP contribution >= 0.6 is 27.7 Å². The highest BCUT2D eigenvalue weighted by atomic mass is 79.9. The van der Waals surface area contributed by atoms with E-state index in [-0.39, 0.29) is 11.0 Å². The molecular weight excluding hydrogens is 348 g/mol. The highest BCUT2D eigenvalue weighted by Gasteiger charge is 2.18. The molecule has 21 heavy (non-hydrogen) atoms. The van der Waals surface area contributed by atoms with E-state index in [1.807, 2.05) is 66.2 Å². The van der Waals surface area contributed by atoms with Crippen LogP contribution in [0.15, 0.2) is 64.5 Å². The minimum absolute atomic E-state index is 0.111. The maximum Gasteiger partial charge on any atom is 0.175 e. The number of ketones is 1. The molecule has 0 bridgehead atoms. The number of rotatable bonds is 4. The lowest BCUT2D eigenvalue weighted by Crippen LogP contribution is -2.13. The van der Waals surface area contributed by atoms with E-state index in [1.54, 1.807) is 0 Å². The number of carbonyl (C=O) groups is 1. The van der Waals surface area contributed by atoms with Crippen LogP contribution in [0.1, 0.15) is 17.3 Å². The zero-order valence-electron chi connectivity index (χ0n) is 11.4. The predicted molar refractivity (Wildman–Crippen MR) is 89.0 cm³/mol. The first-order valence-electron chi connectivity index (χ1n) is 6.53. The van der Waals surface area contributed by atoms with Gasteiger partial charge in [0.2, 0.25) is 0 Å². The summed E-state index contributed by atoms with van der Waals surface area (Å²) in [7, 11) is 0. The number of hydrogen-bond donors (Lipinski definition) is 0. The van der Waals surface area contributed by atoms with Gasteiger partial charge in [0, 0.05) is 16.2 Å². The van der Waals surface area contributed by atoms with E-state index in [2.05, 4.69) is 20.9 Å². The number of Topliss-reactive ketones (excluding diaryl/α,β-unsaturated/α-hetero) is 1. The van der Waals surface area contributed by atoms with Crippen LogP contribution in [0.4, 0.5) is 0 Å². The number of benzene rings is 1. The summed E-state index contributed by atoms with van der Waals surface area (Å²) in [5.74, 6) is 0.111. The van der Waals surface area contributed by atoms with E-state index in [0.717, 1.165) is 20.7 Å². The predicted octanol–water partition coefficient (Wildman–Crippen LogP) is 4.46. The average molecular weight is 361 g/mol. The van der Waals surface area contributed by atoms with Gasteiger partial charge in [-0.2, -0.15) is 0 Å². The monoisotopic (exact) mass is 360 g/mol. The third kappa shape index (κ3) is 3.04. The number of halogens is 1. The third-order valence-corrected chi connectivity index (χ3v) is 4.79. The molecule has 0 fully saturated rings. The summed E-state index contributed by atoms with van der Waals surface area (Å²) in [6, 6.07) is 13.4. The van der Waals surface area contributed by atoms with Crippen molar-refractivity contribution in [1.29, 1.82) is 0 Å². The van der Waals surface area contributed by atoms with Crippen LogP contribution in [-0.2, 0) is 0 Å². The molecule has 0 aliphatic heterocycles. The number of nitrogens with zero attached hydrogens (tertiary/aromatic N) is 2. The molecule has 1 aromatic carbocycles. The normalized spacial score (nSPS) is 12.5. The molecule has 3 rings (SSSR count). The minimum atomic E-state index is -0.183. The van der Waals surface area contributed by atoms with E-state index >= 15 is 0 Å². The van der Waals surface area contributed by atoms with Gasteiger partial charge in [0.25, 0.3) is 0 Å². The molecule has 1 atom stereocenters. The van der Waals surface area contributed by atoms with Gasteiger partial charge in [0.15, 0.2) is 10.9 Å². The van der Waals surface area contributed by atoms with Gasteiger partial charge >= 0.3 is 0 Å². The van der Waals surface area contributed by atoms with Gasteiger partial charge in [-0.15, -0.1) is 0 Å². The Bertz CT molecular complexity index is 782. The van der Waals surface area contributed by atoms with Crippen LogP contribution in [0.3, 0.4) is 0 Å². The molecule has 3 nitrogen and oxygen atoms in total. The van der Waals surface area contributed by atoms with Crippen molar-refractivity contribution in [1.82, 2.24) is 9.38 Å². The van der Waals surface area contributed by atoms with Crippen molar-refractivity contribution in [3.05, 3.63) is 64.9 Å².